The number of hydrogen-bond acceptors (Lipinski definition) is 3. The topological polar surface area (TPSA) is 101 Å². The molecule has 6 heteroatoms. The van der Waals surface area contributed by atoms with Gasteiger partial charge in [0.25, 0.3) is 0 Å². The minimum Gasteiger partial charge on any atom is -0.480 e. The molecular weight excluding hydrogens is 236 g/mol. The van der Waals surface area contributed by atoms with Gasteiger partial charge in [0.2, 0.25) is 11.8 Å². The van der Waals surface area contributed by atoms with E-state index in [1.807, 2.05) is 13.8 Å². The highest BCUT2D eigenvalue weighted by molar-refractivity contribution is 6.03. The van der Waals surface area contributed by atoms with Gasteiger partial charge in [0.1, 0.15) is 5.41 Å². The van der Waals surface area contributed by atoms with Crippen LogP contribution in [0.25, 0.3) is 0 Å². The molecule has 1 aliphatic carbocycles. The predicted octanol–water partition coefficient (Wildman–Crippen LogP) is 0.211. The lowest BCUT2D eigenvalue weighted by molar-refractivity contribution is -0.168. The van der Waals surface area contributed by atoms with E-state index in [0.717, 1.165) is 6.42 Å². The van der Waals surface area contributed by atoms with Gasteiger partial charge in [0.05, 0.1) is 6.54 Å². The lowest BCUT2D eigenvalue weighted by atomic mass is 9.67. The third kappa shape index (κ3) is 2.80. The predicted molar refractivity (Wildman–Crippen MR) is 64.5 cm³/mol. The molecule has 1 saturated carbocycles. The van der Waals surface area contributed by atoms with Crippen molar-refractivity contribution in [3.05, 3.63) is 0 Å². The molecule has 0 aromatic heterocycles. The van der Waals surface area contributed by atoms with Gasteiger partial charge in [-0.05, 0) is 18.8 Å². The van der Waals surface area contributed by atoms with Gasteiger partial charge in [0.15, 0.2) is 0 Å². The number of rotatable bonds is 6. The van der Waals surface area contributed by atoms with Crippen molar-refractivity contribution >= 4 is 17.8 Å². The van der Waals surface area contributed by atoms with Crippen LogP contribution in [0.4, 0.5) is 0 Å². The average Bonchev–Trinajstić information content (AvgIpc) is 2.12. The molecule has 0 spiro atoms. The Bertz CT molecular complexity index is 361. The van der Waals surface area contributed by atoms with Gasteiger partial charge in [-0.25, -0.2) is 0 Å². The lowest BCUT2D eigenvalue weighted by Crippen LogP contribution is -2.54. The van der Waals surface area contributed by atoms with Crippen LogP contribution in [0.5, 0.6) is 0 Å². The molecule has 6 nitrogen and oxygen atoms in total. The van der Waals surface area contributed by atoms with Crippen LogP contribution in [0.2, 0.25) is 0 Å². The number of carboxylic acid groups (broad SMARTS) is 1. The quantitative estimate of drug-likeness (QED) is 0.663. The van der Waals surface area contributed by atoms with Crippen LogP contribution in [-0.4, -0.2) is 40.9 Å². The average molecular weight is 256 g/mol. The zero-order chi connectivity index (χ0) is 13.9. The highest BCUT2D eigenvalue weighted by Gasteiger charge is 2.53. The first kappa shape index (κ1) is 14.5. The zero-order valence-electron chi connectivity index (χ0n) is 10.8. The van der Waals surface area contributed by atoms with Gasteiger partial charge in [0, 0.05) is 6.54 Å². The molecule has 102 valence electrons. The molecule has 2 amide bonds. The first-order valence-electron chi connectivity index (χ1n) is 6.10. The van der Waals surface area contributed by atoms with E-state index >= 15 is 0 Å². The molecule has 0 atom stereocenters. The highest BCUT2D eigenvalue weighted by Crippen LogP contribution is 2.42. The van der Waals surface area contributed by atoms with Gasteiger partial charge in [-0.3, -0.25) is 14.4 Å². The van der Waals surface area contributed by atoms with E-state index in [2.05, 4.69) is 0 Å². The fourth-order valence-corrected chi connectivity index (χ4v) is 2.20. The van der Waals surface area contributed by atoms with Crippen LogP contribution in [-0.2, 0) is 14.4 Å². The van der Waals surface area contributed by atoms with Gasteiger partial charge in [-0.1, -0.05) is 20.3 Å². The third-order valence-electron chi connectivity index (χ3n) is 3.25. The molecule has 0 aliphatic heterocycles. The van der Waals surface area contributed by atoms with Gasteiger partial charge < -0.3 is 15.7 Å². The zero-order valence-corrected chi connectivity index (χ0v) is 10.8. The molecule has 0 saturated heterocycles. The first-order valence-corrected chi connectivity index (χ1v) is 6.10. The smallest absolute Gasteiger partial charge is 0.319 e. The molecule has 0 aromatic rings. The second-order valence-electron chi connectivity index (χ2n) is 5.29. The Kier molecular flexibility index (Phi) is 4.32. The molecule has 18 heavy (non-hydrogen) atoms. The fourth-order valence-electron chi connectivity index (χ4n) is 2.20. The van der Waals surface area contributed by atoms with Crippen LogP contribution in [0.1, 0.15) is 33.1 Å². The molecule has 0 heterocycles. The normalized spacial score (nSPS) is 17.1. The largest absolute Gasteiger partial charge is 0.480 e. The van der Waals surface area contributed by atoms with Crippen LogP contribution >= 0.6 is 0 Å². The minimum absolute atomic E-state index is 0.152. The van der Waals surface area contributed by atoms with E-state index in [4.69, 9.17) is 5.73 Å². The maximum absolute atomic E-state index is 12.3. The van der Waals surface area contributed by atoms with Crippen molar-refractivity contribution in [1.82, 2.24) is 4.90 Å². The van der Waals surface area contributed by atoms with Gasteiger partial charge in [-0.2, -0.15) is 0 Å². The number of carbonyl (C=O) groups is 3. The Hall–Kier alpha value is -1.59. The molecule has 1 rings (SSSR count). The molecule has 0 unspecified atom stereocenters. The summed E-state index contributed by atoms with van der Waals surface area (Å²) in [4.78, 5) is 35.8. The Morgan fingerprint density at radius 1 is 1.33 bits per heavy atom. The highest BCUT2D eigenvalue weighted by atomic mass is 16.4. The third-order valence-corrected chi connectivity index (χ3v) is 3.25. The molecule has 0 bridgehead atoms. The summed E-state index contributed by atoms with van der Waals surface area (Å²) in [5, 5.41) is 9.21. The summed E-state index contributed by atoms with van der Waals surface area (Å²) in [6.45, 7) is 3.92. The summed E-state index contributed by atoms with van der Waals surface area (Å²) in [6, 6.07) is 0. The van der Waals surface area contributed by atoms with E-state index in [1.165, 1.54) is 4.90 Å². The molecule has 0 aromatic carbocycles. The summed E-state index contributed by atoms with van der Waals surface area (Å²) in [5.41, 5.74) is 3.78. The molecule has 3 N–H and O–H groups in total. The standard InChI is InChI=1S/C12H20N2O4/c1-8(2)6-14(7-9(13)15)10(16)12(11(17)18)4-3-5-12/h8H,3-7H2,1-2H3,(H2,13,15)(H,17,18). The van der Waals surface area contributed by atoms with E-state index in [-0.39, 0.29) is 12.5 Å². The Morgan fingerprint density at radius 3 is 2.17 bits per heavy atom. The number of carboxylic acids is 1. The van der Waals surface area contributed by atoms with Gasteiger partial charge >= 0.3 is 5.97 Å². The maximum atomic E-state index is 12.3. The number of aliphatic carboxylic acids is 1. The van der Waals surface area contributed by atoms with Crippen LogP contribution in [0.3, 0.4) is 0 Å². The summed E-state index contributed by atoms with van der Waals surface area (Å²) >= 11 is 0. The summed E-state index contributed by atoms with van der Waals surface area (Å²) < 4.78 is 0. The van der Waals surface area contributed by atoms with E-state index in [9.17, 15) is 19.5 Å². The summed E-state index contributed by atoms with van der Waals surface area (Å²) in [6.07, 6.45) is 1.41. The summed E-state index contributed by atoms with van der Waals surface area (Å²) in [7, 11) is 0. The number of nitrogens with two attached hydrogens (primary N) is 1. The van der Waals surface area contributed by atoms with E-state index in [1.54, 1.807) is 0 Å². The van der Waals surface area contributed by atoms with Crippen molar-refractivity contribution < 1.29 is 19.5 Å². The minimum atomic E-state index is -1.33. The lowest BCUT2D eigenvalue weighted by Gasteiger charge is -2.40. The van der Waals surface area contributed by atoms with E-state index in [0.29, 0.717) is 19.4 Å². The SMILES string of the molecule is CC(C)CN(CC(N)=O)C(=O)C1(C(=O)O)CCC1. The second-order valence-corrected chi connectivity index (χ2v) is 5.29. The van der Waals surface area contributed by atoms with Crippen LogP contribution in [0.15, 0.2) is 0 Å². The Morgan fingerprint density at radius 2 is 1.89 bits per heavy atom. The summed E-state index contributed by atoms with van der Waals surface area (Å²) in [5.74, 6) is -2.05. The van der Waals surface area contributed by atoms with Gasteiger partial charge in [-0.15, -0.1) is 0 Å². The number of carbonyl (C=O) groups excluding carboxylic acids is 2. The monoisotopic (exact) mass is 256 g/mol. The first-order chi connectivity index (χ1) is 8.29. The fraction of sp³-hybridized carbons (Fsp3) is 0.750. The Balaban J connectivity index is 2.87. The van der Waals surface area contributed by atoms with Crippen LogP contribution in [0, 0.1) is 11.3 Å². The molecule has 1 aliphatic rings. The number of hydrogen-bond donors (Lipinski definition) is 2. The van der Waals surface area contributed by atoms with E-state index < -0.39 is 23.2 Å². The molecule has 1 fully saturated rings. The molecular formula is C12H20N2O4. The second kappa shape index (κ2) is 5.37. The van der Waals surface area contributed by atoms with Crippen molar-refractivity contribution in [2.75, 3.05) is 13.1 Å². The number of nitrogens with zero attached hydrogens (tertiary/aromatic N) is 1. The Labute approximate surface area is 106 Å². The van der Waals surface area contributed by atoms with Crippen molar-refractivity contribution in [2.45, 2.75) is 33.1 Å². The van der Waals surface area contributed by atoms with Crippen LogP contribution < -0.4 is 5.73 Å². The van der Waals surface area contributed by atoms with Crippen molar-refractivity contribution in [3.8, 4) is 0 Å². The number of amides is 2. The van der Waals surface area contributed by atoms with Crippen molar-refractivity contribution in [2.24, 2.45) is 17.1 Å². The van der Waals surface area contributed by atoms with Crippen molar-refractivity contribution in [3.63, 3.8) is 0 Å². The number of primary amides is 1. The molecule has 0 radical (unpaired) electrons. The maximum Gasteiger partial charge on any atom is 0.319 e. The van der Waals surface area contributed by atoms with Crippen molar-refractivity contribution in [1.29, 1.82) is 0 Å².